The minimum atomic E-state index is -1.04. The fourth-order valence-corrected chi connectivity index (χ4v) is 7.80. The maximum absolute atomic E-state index is 13.4. The molecule has 0 aliphatic carbocycles. The summed E-state index contributed by atoms with van der Waals surface area (Å²) in [5, 5.41) is 9.60. The second-order valence-corrected chi connectivity index (χ2v) is 12.0. The Hall–Kier alpha value is -4.51. The van der Waals surface area contributed by atoms with Crippen LogP contribution in [0.25, 0.3) is 22.1 Å². The molecule has 6 rings (SSSR count). The molecule has 0 saturated carbocycles. The lowest BCUT2D eigenvalue weighted by Crippen LogP contribution is -2.33. The number of thiol groups is 1. The molecule has 0 unspecified atom stereocenters. The summed E-state index contributed by atoms with van der Waals surface area (Å²) in [6.45, 7) is 3.39. The minimum Gasteiger partial charge on any atom is -0.485 e. The standard InChI is InChI=1S/C31H25N3O7S3/c1-2-33-22-6-4-3-5-18(22)7-8-19-13-20(9-10-23(19)33)28-27-26(39-11-12-40-27)24(43-28)14-25-29(36)34(16-38-17-35)30(44-25)21(15-32)31(37)41-42/h3-6,9-10,13-14,17,42H,2,7-8,11-12,16H2,1H3/b25-14+,30-21+. The quantitative estimate of drug-likeness (QED) is 0.182. The van der Waals surface area contributed by atoms with E-state index in [1.807, 2.05) is 0 Å². The summed E-state index contributed by atoms with van der Waals surface area (Å²) in [4.78, 5) is 40.3. The monoisotopic (exact) mass is 647 g/mol. The molecule has 0 atom stereocenters. The van der Waals surface area contributed by atoms with Crippen LogP contribution in [0.5, 0.6) is 11.5 Å². The van der Waals surface area contributed by atoms with Gasteiger partial charge in [-0.1, -0.05) is 24.3 Å². The van der Waals surface area contributed by atoms with E-state index in [2.05, 4.69) is 71.4 Å². The molecule has 0 spiro atoms. The highest BCUT2D eigenvalue weighted by molar-refractivity contribution is 7.75. The van der Waals surface area contributed by atoms with Crippen LogP contribution in [-0.4, -0.2) is 36.8 Å². The molecule has 0 fully saturated rings. The Kier molecular flexibility index (Phi) is 8.47. The largest absolute Gasteiger partial charge is 0.485 e. The average molecular weight is 648 g/mol. The fraction of sp³-hybridized carbons (Fsp3) is 0.226. The summed E-state index contributed by atoms with van der Waals surface area (Å²) in [7, 11) is 0. The zero-order valence-electron chi connectivity index (χ0n) is 23.4. The van der Waals surface area contributed by atoms with Gasteiger partial charge in [0, 0.05) is 30.8 Å². The number of ether oxygens (including phenoxy) is 3. The summed E-state index contributed by atoms with van der Waals surface area (Å²) in [5.41, 5.74) is 4.90. The highest BCUT2D eigenvalue weighted by Crippen LogP contribution is 2.50. The number of fused-ring (bicyclic) bond motifs is 3. The Balaban J connectivity index is 1.49. The van der Waals surface area contributed by atoms with Gasteiger partial charge in [0.25, 0.3) is 12.0 Å². The van der Waals surface area contributed by atoms with Crippen LogP contribution in [0.3, 0.4) is 0 Å². The van der Waals surface area contributed by atoms with Gasteiger partial charge < -0.3 is 23.3 Å². The maximum Gasteiger partial charge on any atom is 0.363 e. The van der Waals surface area contributed by atoms with Crippen molar-refractivity contribution in [3.8, 4) is 28.0 Å². The van der Waals surface area contributed by atoms with Crippen LogP contribution in [-0.2, 0) is 38.1 Å². The van der Waals surface area contributed by atoms with E-state index in [0.717, 1.165) is 45.7 Å². The van der Waals surface area contributed by atoms with Gasteiger partial charge in [0.1, 0.15) is 23.9 Å². The molecule has 44 heavy (non-hydrogen) atoms. The Bertz CT molecular complexity index is 2000. The molecule has 13 heteroatoms. The van der Waals surface area contributed by atoms with Gasteiger partial charge in [0.2, 0.25) is 0 Å². The Morgan fingerprint density at radius 2 is 1.84 bits per heavy atom. The molecule has 0 N–H and O–H groups in total. The Labute approximate surface area is 265 Å². The normalized spacial score (nSPS) is 14.6. The molecule has 224 valence electrons. The van der Waals surface area contributed by atoms with Crippen molar-refractivity contribution in [3.05, 3.63) is 78.0 Å². The highest BCUT2D eigenvalue weighted by Gasteiger charge is 2.27. The zero-order chi connectivity index (χ0) is 30.8. The van der Waals surface area contributed by atoms with Crippen molar-refractivity contribution < 1.29 is 28.0 Å². The highest BCUT2D eigenvalue weighted by atomic mass is 32.1. The van der Waals surface area contributed by atoms with Crippen molar-refractivity contribution >= 4 is 71.0 Å². The maximum atomic E-state index is 13.4. The Morgan fingerprint density at radius 1 is 1.09 bits per heavy atom. The van der Waals surface area contributed by atoms with Gasteiger partial charge in [-0.15, -0.1) is 22.7 Å². The van der Waals surface area contributed by atoms with Gasteiger partial charge in [-0.05, 0) is 60.7 Å². The first-order valence-electron chi connectivity index (χ1n) is 13.7. The van der Waals surface area contributed by atoms with Crippen LogP contribution < -0.4 is 29.1 Å². The lowest BCUT2D eigenvalue weighted by Gasteiger charge is -2.25. The van der Waals surface area contributed by atoms with Gasteiger partial charge >= 0.3 is 5.97 Å². The van der Waals surface area contributed by atoms with Crippen molar-refractivity contribution in [2.45, 2.75) is 26.5 Å². The van der Waals surface area contributed by atoms with E-state index in [9.17, 15) is 19.6 Å². The second-order valence-electron chi connectivity index (χ2n) is 9.77. The number of hydrogen-bond donors (Lipinski definition) is 1. The molecular formula is C31H25N3O7S3. The number of nitrogens with zero attached hydrogens (tertiary/aromatic N) is 3. The first-order chi connectivity index (χ1) is 21.5. The van der Waals surface area contributed by atoms with E-state index >= 15 is 0 Å². The van der Waals surface area contributed by atoms with Crippen molar-refractivity contribution in [2.75, 3.05) is 24.7 Å². The first kappa shape index (κ1) is 29.6. The van der Waals surface area contributed by atoms with E-state index < -0.39 is 23.8 Å². The number of para-hydroxylation sites is 1. The number of aryl methyl sites for hydroxylation is 2. The third-order valence-corrected chi connectivity index (χ3v) is 9.82. The smallest absolute Gasteiger partial charge is 0.363 e. The molecule has 0 bridgehead atoms. The second kappa shape index (κ2) is 12.6. The predicted molar refractivity (Wildman–Crippen MR) is 170 cm³/mol. The lowest BCUT2D eigenvalue weighted by atomic mass is 10.0. The van der Waals surface area contributed by atoms with Crippen molar-refractivity contribution in [1.29, 1.82) is 5.26 Å². The van der Waals surface area contributed by atoms with Crippen LogP contribution in [0.4, 0.5) is 11.4 Å². The molecule has 10 nitrogen and oxygen atoms in total. The fourth-order valence-electron chi connectivity index (χ4n) is 5.45. The number of hydrogen-bond acceptors (Lipinski definition) is 12. The molecule has 0 amide bonds. The van der Waals surface area contributed by atoms with E-state index in [0.29, 0.717) is 29.6 Å². The number of aromatic nitrogens is 1. The molecule has 4 aromatic rings. The predicted octanol–water partition coefficient (Wildman–Crippen LogP) is 3.69. The molecule has 2 aromatic carbocycles. The summed E-state index contributed by atoms with van der Waals surface area (Å²) in [6, 6.07) is 16.7. The summed E-state index contributed by atoms with van der Waals surface area (Å²) in [5.74, 6) is 0.0723. The van der Waals surface area contributed by atoms with Gasteiger partial charge in [-0.2, -0.15) is 5.26 Å². The molecular weight excluding hydrogens is 623 g/mol. The topological polar surface area (TPSA) is 120 Å². The van der Waals surface area contributed by atoms with Gasteiger partial charge in [-0.3, -0.25) is 14.2 Å². The summed E-state index contributed by atoms with van der Waals surface area (Å²) < 4.78 is 22.5. The minimum absolute atomic E-state index is 0.0281. The summed E-state index contributed by atoms with van der Waals surface area (Å²) in [6.07, 6.45) is 3.44. The van der Waals surface area contributed by atoms with E-state index in [1.165, 1.54) is 33.8 Å². The third kappa shape index (κ3) is 5.25. The van der Waals surface area contributed by atoms with Gasteiger partial charge in [0.05, 0.1) is 14.3 Å². The van der Waals surface area contributed by atoms with Gasteiger partial charge in [0.15, 0.2) is 23.8 Å². The number of rotatable bonds is 7. The number of carbonyl (C=O) groups is 2. The van der Waals surface area contributed by atoms with E-state index in [1.54, 1.807) is 12.1 Å². The average Bonchev–Trinajstić information content (AvgIpc) is 3.51. The molecule has 2 aliphatic rings. The van der Waals surface area contributed by atoms with E-state index in [4.69, 9.17) is 14.2 Å². The van der Waals surface area contributed by atoms with E-state index in [-0.39, 0.29) is 15.7 Å². The molecule has 0 radical (unpaired) electrons. The SMILES string of the molecule is CCN1c2ccccc2CCc2cc(-c3sc(/C=c4/s/c(=C(\C#N)C(=O)OS)n(COC=O)c4=O)c4c3OCCO4)ccc21. The number of anilines is 2. The lowest BCUT2D eigenvalue weighted by molar-refractivity contribution is -0.132. The van der Waals surface area contributed by atoms with Crippen LogP contribution >= 0.6 is 35.6 Å². The molecule has 4 heterocycles. The van der Waals surface area contributed by atoms with Crippen molar-refractivity contribution in [3.63, 3.8) is 0 Å². The molecule has 2 aromatic heterocycles. The number of thiazole rings is 1. The number of carbonyl (C=O) groups excluding carboxylic acids is 2. The number of benzene rings is 2. The zero-order valence-corrected chi connectivity index (χ0v) is 25.9. The third-order valence-electron chi connectivity index (χ3n) is 7.37. The molecule has 0 saturated heterocycles. The number of nitriles is 1. The van der Waals surface area contributed by atoms with Crippen molar-refractivity contribution in [1.82, 2.24) is 4.57 Å². The van der Waals surface area contributed by atoms with Crippen LogP contribution in [0.2, 0.25) is 0 Å². The van der Waals surface area contributed by atoms with Crippen molar-refractivity contribution in [2.24, 2.45) is 0 Å². The number of thiophene rings is 1. The van der Waals surface area contributed by atoms with Crippen LogP contribution in [0.1, 0.15) is 22.9 Å². The van der Waals surface area contributed by atoms with Crippen LogP contribution in [0, 0.1) is 11.3 Å². The van der Waals surface area contributed by atoms with Gasteiger partial charge in [-0.25, -0.2) is 4.79 Å². The van der Waals surface area contributed by atoms with Crippen LogP contribution in [0.15, 0.2) is 47.3 Å². The molecule has 2 aliphatic heterocycles. The summed E-state index contributed by atoms with van der Waals surface area (Å²) >= 11 is 5.80. The first-order valence-corrected chi connectivity index (χ1v) is 15.7. The Morgan fingerprint density at radius 3 is 2.59 bits per heavy atom.